The maximum Gasteiger partial charge on any atom is 0.339 e. The van der Waals surface area contributed by atoms with E-state index in [0.29, 0.717) is 12.2 Å². The number of anilines is 1. The molecular weight excluding hydrogens is 320 g/mol. The van der Waals surface area contributed by atoms with Crippen molar-refractivity contribution in [3.8, 4) is 0 Å². The first kappa shape index (κ1) is 14.5. The van der Waals surface area contributed by atoms with Gasteiger partial charge in [-0.3, -0.25) is 4.98 Å². The summed E-state index contributed by atoms with van der Waals surface area (Å²) < 4.78 is 1.02. The van der Waals surface area contributed by atoms with Crippen LogP contribution in [0.25, 0.3) is 0 Å². The first-order chi connectivity index (χ1) is 9.47. The van der Waals surface area contributed by atoms with Crippen LogP contribution in [0, 0.1) is 6.92 Å². The van der Waals surface area contributed by atoms with Crippen LogP contribution in [0.3, 0.4) is 0 Å². The van der Waals surface area contributed by atoms with Crippen LogP contribution in [-0.2, 0) is 6.54 Å². The molecule has 5 heteroatoms. The Morgan fingerprint density at radius 1 is 1.35 bits per heavy atom. The molecule has 1 N–H and O–H groups in total. The zero-order chi connectivity index (χ0) is 14.7. The number of nitrogens with zero attached hydrogens (tertiary/aromatic N) is 2. The fraction of sp³-hybridized carbons (Fsp3) is 0.200. The van der Waals surface area contributed by atoms with Gasteiger partial charge >= 0.3 is 5.97 Å². The van der Waals surface area contributed by atoms with Crippen molar-refractivity contribution >= 4 is 27.6 Å². The third-order valence-electron chi connectivity index (χ3n) is 2.99. The molecular formula is C15H15BrN2O2. The van der Waals surface area contributed by atoms with Gasteiger partial charge in [0.05, 0.1) is 5.69 Å². The third-order valence-corrected chi connectivity index (χ3v) is 3.52. The van der Waals surface area contributed by atoms with Gasteiger partial charge in [-0.2, -0.15) is 0 Å². The van der Waals surface area contributed by atoms with E-state index in [-0.39, 0.29) is 5.56 Å². The van der Waals surface area contributed by atoms with Gasteiger partial charge in [-0.05, 0) is 30.7 Å². The summed E-state index contributed by atoms with van der Waals surface area (Å²) in [5.41, 5.74) is 2.80. The van der Waals surface area contributed by atoms with Crippen molar-refractivity contribution < 1.29 is 9.90 Å². The van der Waals surface area contributed by atoms with Gasteiger partial charge in [0, 0.05) is 30.0 Å². The number of hydrogen-bond donors (Lipinski definition) is 1. The van der Waals surface area contributed by atoms with Crippen LogP contribution in [0.5, 0.6) is 0 Å². The zero-order valence-corrected chi connectivity index (χ0v) is 12.9. The summed E-state index contributed by atoms with van der Waals surface area (Å²) in [6.45, 7) is 2.49. The Morgan fingerprint density at radius 3 is 2.60 bits per heavy atom. The molecule has 0 aliphatic heterocycles. The number of halogens is 1. The average molecular weight is 335 g/mol. The Hall–Kier alpha value is -1.88. The Balaban J connectivity index is 2.28. The van der Waals surface area contributed by atoms with Crippen molar-refractivity contribution in [3.05, 3.63) is 57.8 Å². The van der Waals surface area contributed by atoms with E-state index in [9.17, 15) is 9.90 Å². The normalized spacial score (nSPS) is 10.3. The smallest absolute Gasteiger partial charge is 0.339 e. The molecule has 1 heterocycles. The fourth-order valence-electron chi connectivity index (χ4n) is 1.97. The quantitative estimate of drug-likeness (QED) is 0.929. The van der Waals surface area contributed by atoms with Gasteiger partial charge in [0.1, 0.15) is 5.56 Å². The maximum atomic E-state index is 11.3. The van der Waals surface area contributed by atoms with Crippen molar-refractivity contribution in [2.45, 2.75) is 13.5 Å². The van der Waals surface area contributed by atoms with Crippen LogP contribution in [0.15, 0.2) is 41.0 Å². The number of aromatic nitrogens is 1. The molecule has 0 atom stereocenters. The first-order valence-corrected chi connectivity index (χ1v) is 6.92. The van der Waals surface area contributed by atoms with Crippen molar-refractivity contribution in [2.75, 3.05) is 11.9 Å². The van der Waals surface area contributed by atoms with Gasteiger partial charge in [-0.25, -0.2) is 4.79 Å². The fourth-order valence-corrected chi connectivity index (χ4v) is 2.24. The molecule has 0 saturated heterocycles. The summed E-state index contributed by atoms with van der Waals surface area (Å²) in [5, 5.41) is 9.24. The molecule has 1 aromatic heterocycles. The van der Waals surface area contributed by atoms with Gasteiger partial charge < -0.3 is 10.0 Å². The number of aryl methyl sites for hydroxylation is 1. The van der Waals surface area contributed by atoms with Crippen LogP contribution in [0.2, 0.25) is 0 Å². The molecule has 0 spiro atoms. The van der Waals surface area contributed by atoms with E-state index in [0.717, 1.165) is 15.7 Å². The van der Waals surface area contributed by atoms with Crippen LogP contribution >= 0.6 is 15.9 Å². The number of benzene rings is 1. The highest BCUT2D eigenvalue weighted by Gasteiger charge is 2.14. The molecule has 0 radical (unpaired) electrons. The van der Waals surface area contributed by atoms with Crippen molar-refractivity contribution in [2.24, 2.45) is 0 Å². The lowest BCUT2D eigenvalue weighted by Gasteiger charge is -2.21. The SMILES string of the molecule is Cc1cc(N(C)Cc2ccc(Br)cc2)c(C(=O)O)cn1. The predicted octanol–water partition coefficient (Wildman–Crippen LogP) is 3.49. The number of carboxylic acids is 1. The molecule has 0 aliphatic carbocycles. The minimum Gasteiger partial charge on any atom is -0.478 e. The molecule has 0 unspecified atom stereocenters. The Kier molecular flexibility index (Phi) is 4.39. The summed E-state index contributed by atoms with van der Waals surface area (Å²) in [6.07, 6.45) is 1.41. The second-order valence-corrected chi connectivity index (χ2v) is 5.55. The Morgan fingerprint density at radius 2 is 2.00 bits per heavy atom. The topological polar surface area (TPSA) is 53.4 Å². The summed E-state index contributed by atoms with van der Waals surface area (Å²) in [6, 6.07) is 9.75. The van der Waals surface area contributed by atoms with Crippen molar-refractivity contribution in [3.63, 3.8) is 0 Å². The number of hydrogen-bond acceptors (Lipinski definition) is 3. The molecule has 104 valence electrons. The van der Waals surface area contributed by atoms with Crippen LogP contribution in [-0.4, -0.2) is 23.1 Å². The summed E-state index contributed by atoms with van der Waals surface area (Å²) in [5.74, 6) is -0.963. The van der Waals surface area contributed by atoms with Gasteiger partial charge in [0.15, 0.2) is 0 Å². The number of aromatic carboxylic acids is 1. The van der Waals surface area contributed by atoms with Gasteiger partial charge in [-0.15, -0.1) is 0 Å². The summed E-state index contributed by atoms with van der Waals surface area (Å²) in [4.78, 5) is 17.2. The molecule has 2 rings (SSSR count). The van der Waals surface area contributed by atoms with Crippen molar-refractivity contribution in [1.82, 2.24) is 4.98 Å². The van der Waals surface area contributed by atoms with E-state index in [1.165, 1.54) is 6.20 Å². The second-order valence-electron chi connectivity index (χ2n) is 4.63. The first-order valence-electron chi connectivity index (χ1n) is 6.13. The molecule has 0 fully saturated rings. The van der Waals surface area contributed by atoms with E-state index in [1.807, 2.05) is 43.1 Å². The molecule has 1 aromatic carbocycles. The average Bonchev–Trinajstić information content (AvgIpc) is 2.41. The molecule has 0 saturated carbocycles. The van der Waals surface area contributed by atoms with E-state index >= 15 is 0 Å². The van der Waals surface area contributed by atoms with E-state index in [4.69, 9.17) is 0 Å². The Bertz CT molecular complexity index is 626. The lowest BCUT2D eigenvalue weighted by Crippen LogP contribution is -2.20. The molecule has 2 aromatic rings. The molecule has 0 amide bonds. The Labute approximate surface area is 126 Å². The minimum atomic E-state index is -0.963. The largest absolute Gasteiger partial charge is 0.478 e. The van der Waals surface area contributed by atoms with Crippen LogP contribution in [0.1, 0.15) is 21.6 Å². The molecule has 4 nitrogen and oxygen atoms in total. The zero-order valence-electron chi connectivity index (χ0n) is 11.3. The van der Waals surface area contributed by atoms with Crippen molar-refractivity contribution in [1.29, 1.82) is 0 Å². The number of pyridine rings is 1. The second kappa shape index (κ2) is 6.05. The van der Waals surface area contributed by atoms with Gasteiger partial charge in [0.2, 0.25) is 0 Å². The molecule has 20 heavy (non-hydrogen) atoms. The lowest BCUT2D eigenvalue weighted by atomic mass is 10.1. The third kappa shape index (κ3) is 3.36. The van der Waals surface area contributed by atoms with E-state index in [1.54, 1.807) is 6.07 Å². The summed E-state index contributed by atoms with van der Waals surface area (Å²) >= 11 is 3.40. The van der Waals surface area contributed by atoms with Gasteiger partial charge in [0.25, 0.3) is 0 Å². The highest BCUT2D eigenvalue weighted by atomic mass is 79.9. The van der Waals surface area contributed by atoms with E-state index < -0.39 is 5.97 Å². The standard InChI is InChI=1S/C15H15BrN2O2/c1-10-7-14(13(8-17-10)15(19)20)18(2)9-11-3-5-12(16)6-4-11/h3-8H,9H2,1-2H3,(H,19,20). The van der Waals surface area contributed by atoms with Gasteiger partial charge in [-0.1, -0.05) is 28.1 Å². The maximum absolute atomic E-state index is 11.3. The lowest BCUT2D eigenvalue weighted by molar-refractivity contribution is 0.0697. The van der Waals surface area contributed by atoms with Crippen LogP contribution in [0.4, 0.5) is 5.69 Å². The monoisotopic (exact) mass is 334 g/mol. The highest BCUT2D eigenvalue weighted by Crippen LogP contribution is 2.22. The number of carboxylic acid groups (broad SMARTS) is 1. The predicted molar refractivity (Wildman–Crippen MR) is 82.2 cm³/mol. The van der Waals surface area contributed by atoms with E-state index in [2.05, 4.69) is 20.9 Å². The summed E-state index contributed by atoms with van der Waals surface area (Å²) in [7, 11) is 1.88. The number of rotatable bonds is 4. The van der Waals surface area contributed by atoms with Crippen LogP contribution < -0.4 is 4.90 Å². The highest BCUT2D eigenvalue weighted by molar-refractivity contribution is 9.10. The molecule has 0 aliphatic rings. The number of carbonyl (C=O) groups is 1. The minimum absolute atomic E-state index is 0.218. The molecule has 0 bridgehead atoms.